The van der Waals surface area contributed by atoms with E-state index in [1.54, 1.807) is 0 Å². The Morgan fingerprint density at radius 3 is 2.86 bits per heavy atom. The third kappa shape index (κ3) is 3.15. The van der Waals surface area contributed by atoms with Gasteiger partial charge in [-0.15, -0.1) is 0 Å². The van der Waals surface area contributed by atoms with Crippen molar-refractivity contribution in [2.24, 2.45) is 0 Å². The number of nitro benzene ring substituents is 1. The number of hydrogen-bond donors (Lipinski definition) is 1. The number of ether oxygens (including phenoxy) is 2. The normalized spacial score (nSPS) is 12.8. The monoisotopic (exact) mass is 446 g/mol. The predicted octanol–water partition coefficient (Wildman–Crippen LogP) is 3.75. The van der Waals surface area contributed by atoms with Crippen LogP contribution in [0.15, 0.2) is 34.8 Å². The van der Waals surface area contributed by atoms with E-state index in [1.807, 2.05) is 29.7 Å². The lowest BCUT2D eigenvalue weighted by atomic mass is 10.1. The van der Waals surface area contributed by atoms with Crippen molar-refractivity contribution in [2.75, 3.05) is 18.5 Å². The Kier molecular flexibility index (Phi) is 4.63. The van der Waals surface area contributed by atoms with Gasteiger partial charge in [0.1, 0.15) is 13.2 Å². The average molecular weight is 447 g/mol. The minimum atomic E-state index is -0.576. The first-order valence-corrected chi connectivity index (χ1v) is 9.32. The van der Waals surface area contributed by atoms with Crippen LogP contribution in [0.2, 0.25) is 0 Å². The van der Waals surface area contributed by atoms with Crippen molar-refractivity contribution in [1.29, 1.82) is 0 Å². The molecular weight excluding hydrogens is 432 g/mol. The van der Waals surface area contributed by atoms with Crippen molar-refractivity contribution >= 4 is 44.5 Å². The van der Waals surface area contributed by atoms with Crippen LogP contribution < -0.4 is 14.8 Å². The Morgan fingerprint density at radius 2 is 2.11 bits per heavy atom. The summed E-state index contributed by atoms with van der Waals surface area (Å²) in [6.07, 6.45) is 0. The third-order valence-electron chi connectivity index (χ3n) is 4.33. The smallest absolute Gasteiger partial charge is 0.274 e. The number of nitro groups is 1. The number of carbonyl (C=O) groups is 1. The number of rotatable bonds is 4. The SMILES string of the molecule is CCn1c(NC(=O)c2cc([N+](=O)[O-])cc3c2OCCO3)nc2ccc(Br)cc21. The minimum Gasteiger partial charge on any atom is -0.486 e. The fourth-order valence-electron chi connectivity index (χ4n) is 3.09. The number of nitrogens with one attached hydrogen (secondary N) is 1. The van der Waals surface area contributed by atoms with Gasteiger partial charge in [-0.25, -0.2) is 4.98 Å². The molecular formula is C18H15BrN4O5. The van der Waals surface area contributed by atoms with Crippen LogP contribution in [-0.4, -0.2) is 33.6 Å². The second kappa shape index (κ2) is 7.12. The van der Waals surface area contributed by atoms with E-state index in [1.165, 1.54) is 12.1 Å². The lowest BCUT2D eigenvalue weighted by Crippen LogP contribution is -2.21. The van der Waals surface area contributed by atoms with Crippen LogP contribution in [0.5, 0.6) is 11.5 Å². The molecule has 9 nitrogen and oxygen atoms in total. The first-order chi connectivity index (χ1) is 13.5. The Hall–Kier alpha value is -3.14. The van der Waals surface area contributed by atoms with Crippen LogP contribution in [0.1, 0.15) is 17.3 Å². The number of amides is 1. The molecule has 0 saturated heterocycles. The molecule has 0 bridgehead atoms. The molecule has 3 aromatic rings. The van der Waals surface area contributed by atoms with Crippen LogP contribution in [0, 0.1) is 10.1 Å². The first-order valence-electron chi connectivity index (χ1n) is 8.53. The third-order valence-corrected chi connectivity index (χ3v) is 4.83. The fourth-order valence-corrected chi connectivity index (χ4v) is 3.44. The maximum Gasteiger partial charge on any atom is 0.274 e. The van der Waals surface area contributed by atoms with Gasteiger partial charge in [-0.2, -0.15) is 0 Å². The highest BCUT2D eigenvalue weighted by molar-refractivity contribution is 9.10. The van der Waals surface area contributed by atoms with Gasteiger partial charge in [0.05, 0.1) is 27.6 Å². The molecule has 10 heteroatoms. The number of aryl methyl sites for hydroxylation is 1. The van der Waals surface area contributed by atoms with E-state index in [0.29, 0.717) is 12.5 Å². The number of carbonyl (C=O) groups excluding carboxylic acids is 1. The van der Waals surface area contributed by atoms with Gasteiger partial charge in [-0.1, -0.05) is 15.9 Å². The summed E-state index contributed by atoms with van der Waals surface area (Å²) in [6, 6.07) is 8.05. The molecule has 1 aliphatic heterocycles. The summed E-state index contributed by atoms with van der Waals surface area (Å²) in [4.78, 5) is 28.1. The summed E-state index contributed by atoms with van der Waals surface area (Å²) in [5, 5.41) is 14.0. The Balaban J connectivity index is 1.76. The maximum absolute atomic E-state index is 12.9. The van der Waals surface area contributed by atoms with E-state index in [2.05, 4.69) is 26.2 Å². The van der Waals surface area contributed by atoms with E-state index in [-0.39, 0.29) is 36.0 Å². The summed E-state index contributed by atoms with van der Waals surface area (Å²) in [7, 11) is 0. The molecule has 0 aliphatic carbocycles. The molecule has 144 valence electrons. The van der Waals surface area contributed by atoms with E-state index < -0.39 is 10.8 Å². The number of halogens is 1. The van der Waals surface area contributed by atoms with Crippen molar-refractivity contribution in [2.45, 2.75) is 13.5 Å². The molecule has 1 aliphatic rings. The molecule has 1 N–H and O–H groups in total. The van der Waals surface area contributed by atoms with Crippen LogP contribution in [-0.2, 0) is 6.54 Å². The van der Waals surface area contributed by atoms with Gasteiger partial charge in [-0.3, -0.25) is 20.2 Å². The number of benzene rings is 2. The minimum absolute atomic E-state index is 0.0276. The van der Waals surface area contributed by atoms with Gasteiger partial charge in [0.2, 0.25) is 5.95 Å². The quantitative estimate of drug-likeness (QED) is 0.482. The molecule has 0 spiro atoms. The number of imidazole rings is 1. The van der Waals surface area contributed by atoms with Gasteiger partial charge in [0.15, 0.2) is 11.5 Å². The van der Waals surface area contributed by atoms with Gasteiger partial charge >= 0.3 is 0 Å². The largest absolute Gasteiger partial charge is 0.486 e. The maximum atomic E-state index is 12.9. The Morgan fingerprint density at radius 1 is 1.32 bits per heavy atom. The van der Waals surface area contributed by atoms with Crippen molar-refractivity contribution in [3.05, 3.63) is 50.5 Å². The summed E-state index contributed by atoms with van der Waals surface area (Å²) < 4.78 is 13.7. The van der Waals surface area contributed by atoms with Crippen molar-refractivity contribution in [3.63, 3.8) is 0 Å². The number of fused-ring (bicyclic) bond motifs is 2. The molecule has 2 aromatic carbocycles. The second-order valence-corrected chi connectivity index (χ2v) is 6.96. The molecule has 4 rings (SSSR count). The van der Waals surface area contributed by atoms with Crippen LogP contribution >= 0.6 is 15.9 Å². The van der Waals surface area contributed by atoms with E-state index >= 15 is 0 Å². The van der Waals surface area contributed by atoms with Crippen LogP contribution in [0.4, 0.5) is 11.6 Å². The van der Waals surface area contributed by atoms with Crippen molar-refractivity contribution in [1.82, 2.24) is 9.55 Å². The summed E-state index contributed by atoms with van der Waals surface area (Å²) in [5.74, 6) is 0.155. The zero-order chi connectivity index (χ0) is 19.8. The highest BCUT2D eigenvalue weighted by atomic mass is 79.9. The average Bonchev–Trinajstić information content (AvgIpc) is 3.02. The second-order valence-electron chi connectivity index (χ2n) is 6.04. The highest BCUT2D eigenvalue weighted by Crippen LogP contribution is 2.38. The van der Waals surface area contributed by atoms with E-state index in [9.17, 15) is 14.9 Å². The molecule has 0 radical (unpaired) electrons. The van der Waals surface area contributed by atoms with Gasteiger partial charge < -0.3 is 14.0 Å². The first kappa shape index (κ1) is 18.2. The molecule has 1 aromatic heterocycles. The number of nitrogens with zero attached hydrogens (tertiary/aromatic N) is 3. The summed E-state index contributed by atoms with van der Waals surface area (Å²) in [6.45, 7) is 3.03. The zero-order valence-electron chi connectivity index (χ0n) is 14.8. The van der Waals surface area contributed by atoms with Crippen LogP contribution in [0.25, 0.3) is 11.0 Å². The number of aromatic nitrogens is 2. The molecule has 0 atom stereocenters. The standard InChI is InChI=1S/C18H15BrN4O5/c1-2-22-14-7-10(19)3-4-13(14)20-18(22)21-17(24)12-8-11(23(25)26)9-15-16(12)28-6-5-27-15/h3-4,7-9H,2,5-6H2,1H3,(H,20,21,24). The van der Waals surface area contributed by atoms with Gasteiger partial charge in [0.25, 0.3) is 11.6 Å². The molecule has 2 heterocycles. The number of non-ortho nitro benzene ring substituents is 1. The molecule has 28 heavy (non-hydrogen) atoms. The van der Waals surface area contributed by atoms with Crippen molar-refractivity contribution in [3.8, 4) is 11.5 Å². The lowest BCUT2D eigenvalue weighted by Gasteiger charge is -2.20. The van der Waals surface area contributed by atoms with E-state index in [4.69, 9.17) is 9.47 Å². The zero-order valence-corrected chi connectivity index (χ0v) is 16.4. The number of anilines is 1. The molecule has 0 saturated carbocycles. The van der Waals surface area contributed by atoms with Crippen molar-refractivity contribution < 1.29 is 19.2 Å². The Labute approximate surface area is 167 Å². The van der Waals surface area contributed by atoms with Gasteiger partial charge in [0, 0.05) is 17.1 Å². The van der Waals surface area contributed by atoms with E-state index in [0.717, 1.165) is 15.5 Å². The molecule has 0 fully saturated rings. The molecule has 1 amide bonds. The van der Waals surface area contributed by atoms with Crippen LogP contribution in [0.3, 0.4) is 0 Å². The Bertz CT molecular complexity index is 1110. The van der Waals surface area contributed by atoms with Gasteiger partial charge in [-0.05, 0) is 25.1 Å². The summed E-state index contributed by atoms with van der Waals surface area (Å²) >= 11 is 3.43. The number of hydrogen-bond acceptors (Lipinski definition) is 6. The highest BCUT2D eigenvalue weighted by Gasteiger charge is 2.26. The lowest BCUT2D eigenvalue weighted by molar-refractivity contribution is -0.385. The fraction of sp³-hybridized carbons (Fsp3) is 0.222. The molecule has 0 unspecified atom stereocenters. The predicted molar refractivity (Wildman–Crippen MR) is 105 cm³/mol. The summed E-state index contributed by atoms with van der Waals surface area (Å²) in [5.41, 5.74) is 1.36. The topological polar surface area (TPSA) is 109 Å².